The number of rotatable bonds is 7. The van der Waals surface area contributed by atoms with Crippen LogP contribution in [0.15, 0.2) is 72.8 Å². The molecule has 0 aromatic heterocycles. The summed E-state index contributed by atoms with van der Waals surface area (Å²) >= 11 is 0. The SMILES string of the molecule is NCc1cccc(NC(=O)CN2CCCCC(NC(=O)/C=C/c3ccc4ccccc4c3)C2=O)c1. The van der Waals surface area contributed by atoms with Crippen molar-refractivity contribution in [2.75, 3.05) is 18.4 Å². The van der Waals surface area contributed by atoms with Gasteiger partial charge in [-0.2, -0.15) is 0 Å². The van der Waals surface area contributed by atoms with E-state index in [-0.39, 0.29) is 24.3 Å². The number of amides is 3. The fourth-order valence-electron chi connectivity index (χ4n) is 4.25. The van der Waals surface area contributed by atoms with Gasteiger partial charge in [-0.15, -0.1) is 0 Å². The molecule has 180 valence electrons. The van der Waals surface area contributed by atoms with E-state index in [4.69, 9.17) is 5.73 Å². The van der Waals surface area contributed by atoms with Crippen LogP contribution < -0.4 is 16.4 Å². The number of benzene rings is 3. The molecule has 1 saturated heterocycles. The number of carbonyl (C=O) groups excluding carboxylic acids is 3. The zero-order valence-corrected chi connectivity index (χ0v) is 19.6. The second-order valence-corrected chi connectivity index (χ2v) is 8.71. The zero-order valence-electron chi connectivity index (χ0n) is 19.6. The van der Waals surface area contributed by atoms with Crippen LogP contribution in [0.4, 0.5) is 5.69 Å². The lowest BCUT2D eigenvalue weighted by Gasteiger charge is -2.24. The first kappa shape index (κ1) is 24.2. The standard InChI is InChI=1S/C28H30N4O3/c29-18-21-6-5-9-24(17-21)30-27(34)19-32-15-4-3-10-25(28(32)35)31-26(33)14-12-20-11-13-22-7-1-2-8-23(22)16-20/h1-2,5-9,11-14,16-17,25H,3-4,10,15,18-19,29H2,(H,30,34)(H,31,33)/b14-12+. The normalized spacial score (nSPS) is 16.3. The Morgan fingerprint density at radius 2 is 1.83 bits per heavy atom. The van der Waals surface area contributed by atoms with Gasteiger partial charge in [0.2, 0.25) is 17.7 Å². The minimum Gasteiger partial charge on any atom is -0.341 e. The maximum atomic E-state index is 13.1. The largest absolute Gasteiger partial charge is 0.341 e. The van der Waals surface area contributed by atoms with Crippen LogP contribution in [0.2, 0.25) is 0 Å². The number of hydrogen-bond donors (Lipinski definition) is 3. The van der Waals surface area contributed by atoms with Crippen LogP contribution in [0.5, 0.6) is 0 Å². The number of nitrogens with one attached hydrogen (secondary N) is 2. The summed E-state index contributed by atoms with van der Waals surface area (Å²) in [5.74, 6) is -0.849. The first-order valence-electron chi connectivity index (χ1n) is 11.9. The molecule has 4 rings (SSSR count). The minimum absolute atomic E-state index is 0.0645. The molecule has 0 aliphatic carbocycles. The summed E-state index contributed by atoms with van der Waals surface area (Å²) in [6.07, 6.45) is 5.31. The second-order valence-electron chi connectivity index (χ2n) is 8.71. The van der Waals surface area contributed by atoms with Gasteiger partial charge in [0, 0.05) is 24.9 Å². The fraction of sp³-hybridized carbons (Fsp3) is 0.250. The molecule has 0 saturated carbocycles. The Labute approximate surface area is 205 Å². The molecule has 1 fully saturated rings. The summed E-state index contributed by atoms with van der Waals surface area (Å²) in [6.45, 7) is 0.796. The van der Waals surface area contributed by atoms with Crippen LogP contribution >= 0.6 is 0 Å². The first-order valence-corrected chi connectivity index (χ1v) is 11.9. The topological polar surface area (TPSA) is 105 Å². The molecule has 7 heteroatoms. The third-order valence-corrected chi connectivity index (χ3v) is 6.08. The summed E-state index contributed by atoms with van der Waals surface area (Å²) < 4.78 is 0. The summed E-state index contributed by atoms with van der Waals surface area (Å²) in [7, 11) is 0. The summed E-state index contributed by atoms with van der Waals surface area (Å²) in [4.78, 5) is 39.8. The number of hydrogen-bond acceptors (Lipinski definition) is 4. The Bertz CT molecular complexity index is 1250. The van der Waals surface area contributed by atoms with Crippen molar-refractivity contribution in [2.24, 2.45) is 5.73 Å². The van der Waals surface area contributed by atoms with Crippen LogP contribution in [0, 0.1) is 0 Å². The average molecular weight is 471 g/mol. The van der Waals surface area contributed by atoms with Crippen LogP contribution in [0.1, 0.15) is 30.4 Å². The van der Waals surface area contributed by atoms with Crippen molar-refractivity contribution in [1.82, 2.24) is 10.2 Å². The first-order chi connectivity index (χ1) is 17.0. The summed E-state index contributed by atoms with van der Waals surface area (Å²) in [6, 6.07) is 20.7. The second kappa shape index (κ2) is 11.4. The van der Waals surface area contributed by atoms with Crippen molar-refractivity contribution in [3.05, 3.63) is 83.9 Å². The number of fused-ring (bicyclic) bond motifs is 1. The van der Waals surface area contributed by atoms with Gasteiger partial charge >= 0.3 is 0 Å². The molecule has 1 heterocycles. The molecular weight excluding hydrogens is 440 g/mol. The van der Waals surface area contributed by atoms with Crippen LogP contribution in [0.3, 0.4) is 0 Å². The highest BCUT2D eigenvalue weighted by atomic mass is 16.2. The van der Waals surface area contributed by atoms with E-state index in [1.54, 1.807) is 12.1 Å². The van der Waals surface area contributed by atoms with E-state index in [9.17, 15) is 14.4 Å². The Hall–Kier alpha value is -3.97. The fourth-order valence-corrected chi connectivity index (χ4v) is 4.25. The molecule has 0 bridgehead atoms. The molecule has 3 amide bonds. The van der Waals surface area contributed by atoms with E-state index in [1.807, 2.05) is 60.7 Å². The molecule has 3 aromatic rings. The number of likely N-dealkylation sites (tertiary alicyclic amines) is 1. The van der Waals surface area contributed by atoms with Gasteiger partial charge < -0.3 is 21.3 Å². The molecular formula is C28H30N4O3. The third kappa shape index (κ3) is 6.55. The summed E-state index contributed by atoms with van der Waals surface area (Å²) in [5.41, 5.74) is 8.12. The Balaban J connectivity index is 1.35. The van der Waals surface area contributed by atoms with Crippen molar-refractivity contribution in [1.29, 1.82) is 0 Å². The molecule has 7 nitrogen and oxygen atoms in total. The van der Waals surface area contributed by atoms with Crippen molar-refractivity contribution in [3.8, 4) is 0 Å². The van der Waals surface area contributed by atoms with Crippen molar-refractivity contribution in [3.63, 3.8) is 0 Å². The number of anilines is 1. The van der Waals surface area contributed by atoms with Gasteiger partial charge in [0.05, 0.1) is 6.54 Å². The predicted molar refractivity (Wildman–Crippen MR) is 138 cm³/mol. The Kier molecular flexibility index (Phi) is 7.90. The highest BCUT2D eigenvalue weighted by Gasteiger charge is 2.29. The van der Waals surface area contributed by atoms with E-state index in [0.29, 0.717) is 25.2 Å². The molecule has 35 heavy (non-hydrogen) atoms. The van der Waals surface area contributed by atoms with Gasteiger partial charge in [-0.05, 0) is 65.4 Å². The zero-order chi connectivity index (χ0) is 24.6. The minimum atomic E-state index is -0.653. The molecule has 1 aliphatic rings. The van der Waals surface area contributed by atoms with E-state index < -0.39 is 6.04 Å². The van der Waals surface area contributed by atoms with Crippen LogP contribution in [-0.4, -0.2) is 41.8 Å². The number of carbonyl (C=O) groups is 3. The van der Waals surface area contributed by atoms with Gasteiger partial charge in [-0.25, -0.2) is 0 Å². The van der Waals surface area contributed by atoms with E-state index in [1.165, 1.54) is 11.0 Å². The predicted octanol–water partition coefficient (Wildman–Crippen LogP) is 3.45. The molecule has 4 N–H and O–H groups in total. The van der Waals surface area contributed by atoms with Crippen LogP contribution in [-0.2, 0) is 20.9 Å². The third-order valence-electron chi connectivity index (χ3n) is 6.08. The summed E-state index contributed by atoms with van der Waals surface area (Å²) in [5, 5.41) is 7.87. The van der Waals surface area contributed by atoms with E-state index in [0.717, 1.165) is 34.7 Å². The highest BCUT2D eigenvalue weighted by Crippen LogP contribution is 2.17. The maximum Gasteiger partial charge on any atom is 0.245 e. The monoisotopic (exact) mass is 470 g/mol. The van der Waals surface area contributed by atoms with E-state index >= 15 is 0 Å². The van der Waals surface area contributed by atoms with Gasteiger partial charge in [0.15, 0.2) is 0 Å². The molecule has 1 unspecified atom stereocenters. The van der Waals surface area contributed by atoms with Gasteiger partial charge in [0.1, 0.15) is 6.04 Å². The molecule has 0 spiro atoms. The van der Waals surface area contributed by atoms with E-state index in [2.05, 4.69) is 10.6 Å². The lowest BCUT2D eigenvalue weighted by atomic mass is 10.1. The van der Waals surface area contributed by atoms with Gasteiger partial charge in [-0.3, -0.25) is 14.4 Å². The maximum absolute atomic E-state index is 13.1. The van der Waals surface area contributed by atoms with Crippen molar-refractivity contribution in [2.45, 2.75) is 31.8 Å². The molecule has 3 aromatic carbocycles. The van der Waals surface area contributed by atoms with Gasteiger partial charge in [0.25, 0.3) is 0 Å². The van der Waals surface area contributed by atoms with Gasteiger partial charge in [-0.1, -0.05) is 48.5 Å². The number of nitrogens with zero attached hydrogens (tertiary/aromatic N) is 1. The lowest BCUT2D eigenvalue weighted by molar-refractivity contribution is -0.137. The quantitative estimate of drug-likeness (QED) is 0.460. The van der Waals surface area contributed by atoms with Crippen LogP contribution in [0.25, 0.3) is 16.8 Å². The average Bonchev–Trinajstić information content (AvgIpc) is 3.03. The Morgan fingerprint density at radius 3 is 2.66 bits per heavy atom. The highest BCUT2D eigenvalue weighted by molar-refractivity contribution is 5.98. The van der Waals surface area contributed by atoms with Crippen molar-refractivity contribution >= 4 is 40.3 Å². The molecule has 1 atom stereocenters. The molecule has 0 radical (unpaired) electrons. The van der Waals surface area contributed by atoms with Crippen molar-refractivity contribution < 1.29 is 14.4 Å². The smallest absolute Gasteiger partial charge is 0.245 e. The Morgan fingerprint density at radius 1 is 1.00 bits per heavy atom. The number of nitrogens with two attached hydrogens (primary N) is 1. The lowest BCUT2D eigenvalue weighted by Crippen LogP contribution is -2.49. The molecule has 1 aliphatic heterocycles.